The van der Waals surface area contributed by atoms with Crippen molar-refractivity contribution >= 4 is 33.0 Å². The predicted octanol–water partition coefficient (Wildman–Crippen LogP) is 12.0. The minimum Gasteiger partial charge on any atom is -0.455 e. The van der Waals surface area contributed by atoms with E-state index in [1.165, 1.54) is 11.1 Å². The number of aromatic nitrogens is 2. The molecule has 0 aliphatic heterocycles. The van der Waals surface area contributed by atoms with Gasteiger partial charge in [-0.25, -0.2) is 4.98 Å². The van der Waals surface area contributed by atoms with Crippen LogP contribution in [0.5, 0.6) is 0 Å². The molecule has 0 bridgehead atoms. The molecule has 0 saturated carbocycles. The van der Waals surface area contributed by atoms with E-state index in [2.05, 4.69) is 99.0 Å². The molecule has 0 N–H and O–H groups in total. The summed E-state index contributed by atoms with van der Waals surface area (Å²) in [5, 5.41) is 11.5. The van der Waals surface area contributed by atoms with Crippen molar-refractivity contribution in [2.45, 2.75) is 66.7 Å². The van der Waals surface area contributed by atoms with Crippen LogP contribution in [0.1, 0.15) is 85.3 Å². The summed E-state index contributed by atoms with van der Waals surface area (Å²) in [6.45, 7) is 14.8. The monoisotopic (exact) mass is 617 g/mol. The van der Waals surface area contributed by atoms with Gasteiger partial charge in [-0.3, -0.25) is 4.57 Å². The van der Waals surface area contributed by atoms with E-state index < -0.39 is 11.8 Å². The molecule has 0 aliphatic rings. The molecule has 2 heterocycles. The zero-order valence-electron chi connectivity index (χ0n) is 30.1. The predicted molar refractivity (Wildman–Crippen MR) is 195 cm³/mol. The standard InChI is InChI=1S/C43H41N3O/c1-26(2)35-22-31(30-18-15-28(16-19-30)24-43(5,6)7)23-36(27(3)4)40(35)46-38-14-9-8-13-37(38)45-42(46)34-12-10-11-33-32-20-17-29(25-44)21-39(32)47-41(33)34/h8-23,26-27H,24H2,1-7H3/i24D2. The summed E-state index contributed by atoms with van der Waals surface area (Å²) < 4.78 is 26.4. The number of hydrogen-bond acceptors (Lipinski definition) is 3. The second kappa shape index (κ2) is 11.6. The van der Waals surface area contributed by atoms with Crippen LogP contribution in [0.3, 0.4) is 0 Å². The molecule has 0 saturated heterocycles. The van der Waals surface area contributed by atoms with E-state index >= 15 is 0 Å². The lowest BCUT2D eigenvalue weighted by Crippen LogP contribution is -2.10. The molecule has 7 aromatic rings. The van der Waals surface area contributed by atoms with Crippen molar-refractivity contribution in [2.24, 2.45) is 5.41 Å². The van der Waals surface area contributed by atoms with Crippen molar-refractivity contribution in [2.75, 3.05) is 0 Å². The Labute approximate surface area is 280 Å². The lowest BCUT2D eigenvalue weighted by atomic mass is 9.86. The number of benzene rings is 5. The van der Waals surface area contributed by atoms with Crippen LogP contribution < -0.4 is 0 Å². The minimum atomic E-state index is -1.46. The average molecular weight is 618 g/mol. The van der Waals surface area contributed by atoms with Gasteiger partial charge in [0.15, 0.2) is 0 Å². The van der Waals surface area contributed by atoms with Crippen molar-refractivity contribution in [3.8, 4) is 34.3 Å². The van der Waals surface area contributed by atoms with Gasteiger partial charge < -0.3 is 4.42 Å². The number of nitrogens with zero attached hydrogens (tertiary/aromatic N) is 3. The van der Waals surface area contributed by atoms with Gasteiger partial charge in [-0.1, -0.05) is 97.0 Å². The van der Waals surface area contributed by atoms with Crippen LogP contribution in [0, 0.1) is 16.7 Å². The smallest absolute Gasteiger partial charge is 0.149 e. The molecule has 0 atom stereocenters. The molecule has 5 aromatic carbocycles. The van der Waals surface area contributed by atoms with Crippen LogP contribution in [-0.2, 0) is 6.37 Å². The number of hydrogen-bond donors (Lipinski definition) is 0. The third kappa shape index (κ3) is 5.51. The van der Waals surface area contributed by atoms with Crippen molar-refractivity contribution < 1.29 is 7.16 Å². The maximum absolute atomic E-state index is 9.53. The topological polar surface area (TPSA) is 54.8 Å². The highest BCUT2D eigenvalue weighted by Gasteiger charge is 2.25. The number of fused-ring (bicyclic) bond motifs is 4. The highest BCUT2D eigenvalue weighted by molar-refractivity contribution is 6.09. The second-order valence-corrected chi connectivity index (χ2v) is 14.1. The Balaban J connectivity index is 1.48. The number of nitriles is 1. The fourth-order valence-electron chi connectivity index (χ4n) is 6.64. The van der Waals surface area contributed by atoms with Gasteiger partial charge in [0, 0.05) is 13.5 Å². The van der Waals surface area contributed by atoms with E-state index in [0.717, 1.165) is 55.6 Å². The van der Waals surface area contributed by atoms with Gasteiger partial charge in [-0.05, 0) is 100.0 Å². The van der Waals surface area contributed by atoms with Gasteiger partial charge in [0.2, 0.25) is 0 Å². The molecule has 0 aliphatic carbocycles. The summed E-state index contributed by atoms with van der Waals surface area (Å²) in [5.41, 5.74) is 10.7. The summed E-state index contributed by atoms with van der Waals surface area (Å²) >= 11 is 0. The van der Waals surface area contributed by atoms with E-state index in [1.807, 2.05) is 51.1 Å². The summed E-state index contributed by atoms with van der Waals surface area (Å²) in [6, 6.07) is 34.9. The van der Waals surface area contributed by atoms with Gasteiger partial charge >= 0.3 is 0 Å². The van der Waals surface area contributed by atoms with Crippen LogP contribution >= 0.6 is 0 Å². The molecule has 4 heteroatoms. The third-order valence-corrected chi connectivity index (χ3v) is 8.80. The Morgan fingerprint density at radius 1 is 0.809 bits per heavy atom. The van der Waals surface area contributed by atoms with Gasteiger partial charge in [0.25, 0.3) is 0 Å². The minimum absolute atomic E-state index is 0.196. The normalized spacial score (nSPS) is 13.1. The molecule has 0 radical (unpaired) electrons. The van der Waals surface area contributed by atoms with Crippen LogP contribution in [0.25, 0.3) is 61.2 Å². The quantitative estimate of drug-likeness (QED) is 0.186. The van der Waals surface area contributed by atoms with Crippen molar-refractivity contribution in [3.63, 3.8) is 0 Å². The number of rotatable bonds is 6. The van der Waals surface area contributed by atoms with Crippen molar-refractivity contribution in [1.29, 1.82) is 5.26 Å². The molecule has 4 nitrogen and oxygen atoms in total. The molecule has 234 valence electrons. The molecule has 0 amide bonds. The lowest BCUT2D eigenvalue weighted by Gasteiger charge is -2.24. The van der Waals surface area contributed by atoms with Gasteiger partial charge in [0.05, 0.1) is 33.9 Å². The Morgan fingerprint density at radius 2 is 1.51 bits per heavy atom. The largest absolute Gasteiger partial charge is 0.455 e. The number of imidazole rings is 1. The van der Waals surface area contributed by atoms with E-state index in [1.54, 1.807) is 6.07 Å². The van der Waals surface area contributed by atoms with Crippen LogP contribution in [0.2, 0.25) is 0 Å². The summed E-state index contributed by atoms with van der Waals surface area (Å²) in [7, 11) is 0. The summed E-state index contributed by atoms with van der Waals surface area (Å²) in [6.07, 6.45) is -1.46. The lowest BCUT2D eigenvalue weighted by molar-refractivity contribution is 0.411. The SMILES string of the molecule is [2H]C([2H])(c1ccc(-c2cc(C(C)C)c(-n3c(-c4cccc5c4oc4cc(C#N)ccc45)nc4ccccc43)c(C(C)C)c2)cc1)C(C)(C)C. The second-order valence-electron chi connectivity index (χ2n) is 14.1. The fourth-order valence-corrected chi connectivity index (χ4v) is 6.64. The summed E-state index contributed by atoms with van der Waals surface area (Å²) in [5.74, 6) is 1.20. The summed E-state index contributed by atoms with van der Waals surface area (Å²) in [4.78, 5) is 5.26. The van der Waals surface area contributed by atoms with Gasteiger partial charge in [-0.2, -0.15) is 5.26 Å². The molecular weight excluding hydrogens is 574 g/mol. The highest BCUT2D eigenvalue weighted by Crippen LogP contribution is 2.42. The van der Waals surface area contributed by atoms with E-state index in [4.69, 9.17) is 12.1 Å². The number of para-hydroxylation sites is 3. The van der Waals surface area contributed by atoms with E-state index in [0.29, 0.717) is 16.7 Å². The first-order chi connectivity index (χ1) is 23.3. The average Bonchev–Trinajstić information content (AvgIpc) is 3.65. The molecule has 0 unspecified atom stereocenters. The molecule has 7 rings (SSSR count). The molecule has 2 aromatic heterocycles. The Morgan fingerprint density at radius 3 is 2.17 bits per heavy atom. The van der Waals surface area contributed by atoms with Crippen LogP contribution in [0.4, 0.5) is 0 Å². The van der Waals surface area contributed by atoms with Gasteiger partial charge in [-0.15, -0.1) is 0 Å². The zero-order chi connectivity index (χ0) is 34.8. The van der Waals surface area contributed by atoms with Gasteiger partial charge in [0.1, 0.15) is 17.0 Å². The molecule has 47 heavy (non-hydrogen) atoms. The van der Waals surface area contributed by atoms with Crippen molar-refractivity contribution in [3.05, 3.63) is 119 Å². The third-order valence-electron chi connectivity index (χ3n) is 8.80. The van der Waals surface area contributed by atoms with Crippen LogP contribution in [0.15, 0.2) is 101 Å². The highest BCUT2D eigenvalue weighted by atomic mass is 16.3. The first-order valence-corrected chi connectivity index (χ1v) is 16.4. The van der Waals surface area contributed by atoms with Crippen LogP contribution in [-0.4, -0.2) is 9.55 Å². The first kappa shape index (κ1) is 28.1. The molecule has 0 spiro atoms. The Hall–Kier alpha value is -5.14. The van der Waals surface area contributed by atoms with E-state index in [9.17, 15) is 5.26 Å². The Kier molecular flexibility index (Phi) is 6.93. The zero-order valence-corrected chi connectivity index (χ0v) is 28.1. The maximum atomic E-state index is 9.53. The fraction of sp³-hybridized carbons (Fsp3) is 0.256. The maximum Gasteiger partial charge on any atom is 0.149 e. The molecule has 0 fully saturated rings. The van der Waals surface area contributed by atoms with E-state index in [-0.39, 0.29) is 11.8 Å². The number of furan rings is 1. The Bertz CT molecular complexity index is 2390. The first-order valence-electron chi connectivity index (χ1n) is 17.4. The van der Waals surface area contributed by atoms with Crippen molar-refractivity contribution in [1.82, 2.24) is 9.55 Å². The molecular formula is C43H41N3O.